The Kier molecular flexibility index (Phi) is 3.56. The summed E-state index contributed by atoms with van der Waals surface area (Å²) in [5.41, 5.74) is 0.0655. The molecule has 8 heteroatoms. The van der Waals surface area contributed by atoms with Crippen molar-refractivity contribution in [1.82, 2.24) is 15.1 Å². The van der Waals surface area contributed by atoms with Gasteiger partial charge in [0.25, 0.3) is 5.91 Å². The zero-order chi connectivity index (χ0) is 13.1. The maximum Gasteiger partial charge on any atom is 0.345 e. The van der Waals surface area contributed by atoms with Gasteiger partial charge in [0.1, 0.15) is 7.05 Å². The molecule has 1 saturated heterocycles. The third-order valence-electron chi connectivity index (χ3n) is 2.83. The van der Waals surface area contributed by atoms with Crippen molar-refractivity contribution in [2.45, 2.75) is 18.9 Å². The first-order chi connectivity index (χ1) is 8.58. The second kappa shape index (κ2) is 5.13. The Hall–Kier alpha value is -1.96. The Morgan fingerprint density at radius 1 is 1.61 bits per heavy atom. The lowest BCUT2D eigenvalue weighted by molar-refractivity contribution is -0.392. The molecule has 0 spiro atoms. The number of hydrogen-bond acceptors (Lipinski definition) is 5. The van der Waals surface area contributed by atoms with E-state index in [4.69, 9.17) is 4.74 Å². The van der Waals surface area contributed by atoms with Crippen LogP contribution in [0.5, 0.6) is 0 Å². The van der Waals surface area contributed by atoms with Gasteiger partial charge in [-0.1, -0.05) is 5.10 Å². The number of amides is 1. The van der Waals surface area contributed by atoms with E-state index in [-0.39, 0.29) is 23.5 Å². The molecule has 0 atom stereocenters. The summed E-state index contributed by atoms with van der Waals surface area (Å²) in [5.74, 6) is -0.585. The minimum atomic E-state index is -0.571. The Bertz CT molecular complexity index is 464. The molecule has 18 heavy (non-hydrogen) atoms. The summed E-state index contributed by atoms with van der Waals surface area (Å²) in [4.78, 5) is 21.9. The average Bonchev–Trinajstić information content (AvgIpc) is 2.73. The van der Waals surface area contributed by atoms with Crippen LogP contribution < -0.4 is 5.32 Å². The number of nitrogens with one attached hydrogen (secondary N) is 1. The molecule has 1 aromatic rings. The SMILES string of the molecule is Cn1nc(C(=O)NC2CCOCC2)cc1[N+](=O)[O-]. The van der Waals surface area contributed by atoms with E-state index in [9.17, 15) is 14.9 Å². The molecule has 1 aliphatic rings. The van der Waals surface area contributed by atoms with Crippen molar-refractivity contribution in [1.29, 1.82) is 0 Å². The van der Waals surface area contributed by atoms with Crippen LogP contribution in [0, 0.1) is 10.1 Å². The largest absolute Gasteiger partial charge is 0.381 e. The van der Waals surface area contributed by atoms with Gasteiger partial charge in [-0.05, 0) is 17.8 Å². The molecule has 2 heterocycles. The Morgan fingerprint density at radius 3 is 2.83 bits per heavy atom. The van der Waals surface area contributed by atoms with E-state index in [2.05, 4.69) is 10.4 Å². The topological polar surface area (TPSA) is 99.3 Å². The normalized spacial score (nSPS) is 16.5. The highest BCUT2D eigenvalue weighted by Crippen LogP contribution is 2.13. The molecular formula is C10H14N4O4. The van der Waals surface area contributed by atoms with Gasteiger partial charge in [0.15, 0.2) is 5.69 Å². The molecule has 0 saturated carbocycles. The summed E-state index contributed by atoms with van der Waals surface area (Å²) in [5, 5.41) is 17.3. The average molecular weight is 254 g/mol. The van der Waals surface area contributed by atoms with Crippen molar-refractivity contribution in [3.63, 3.8) is 0 Å². The minimum absolute atomic E-state index is 0.0484. The van der Waals surface area contributed by atoms with Gasteiger partial charge in [-0.15, -0.1) is 4.68 Å². The van der Waals surface area contributed by atoms with Crippen LogP contribution in [0.15, 0.2) is 6.07 Å². The van der Waals surface area contributed by atoms with Crippen LogP contribution in [-0.2, 0) is 11.8 Å². The van der Waals surface area contributed by atoms with Crippen molar-refractivity contribution >= 4 is 11.7 Å². The summed E-state index contributed by atoms with van der Waals surface area (Å²) in [6, 6.07) is 1.22. The molecule has 98 valence electrons. The van der Waals surface area contributed by atoms with E-state index in [0.717, 1.165) is 17.5 Å². The monoisotopic (exact) mass is 254 g/mol. The fourth-order valence-electron chi connectivity index (χ4n) is 1.84. The van der Waals surface area contributed by atoms with E-state index >= 15 is 0 Å². The predicted octanol–water partition coefficient (Wildman–Crippen LogP) is 0.237. The molecule has 0 aliphatic carbocycles. The van der Waals surface area contributed by atoms with Crippen molar-refractivity contribution in [3.05, 3.63) is 21.9 Å². The molecule has 1 aromatic heterocycles. The third kappa shape index (κ3) is 2.65. The van der Waals surface area contributed by atoms with Gasteiger partial charge < -0.3 is 20.2 Å². The van der Waals surface area contributed by atoms with Crippen LogP contribution in [0.25, 0.3) is 0 Å². The number of aryl methyl sites for hydroxylation is 1. The van der Waals surface area contributed by atoms with Crippen molar-refractivity contribution in [2.24, 2.45) is 7.05 Å². The van der Waals surface area contributed by atoms with E-state index < -0.39 is 4.92 Å². The summed E-state index contributed by atoms with van der Waals surface area (Å²) >= 11 is 0. The van der Waals surface area contributed by atoms with Gasteiger partial charge in [0, 0.05) is 19.3 Å². The number of nitro groups is 1. The predicted molar refractivity (Wildman–Crippen MR) is 61.2 cm³/mol. The highest BCUT2D eigenvalue weighted by atomic mass is 16.6. The van der Waals surface area contributed by atoms with Crippen LogP contribution in [0.3, 0.4) is 0 Å². The number of rotatable bonds is 3. The van der Waals surface area contributed by atoms with Gasteiger partial charge in [0.05, 0.1) is 6.07 Å². The maximum absolute atomic E-state index is 11.9. The lowest BCUT2D eigenvalue weighted by Gasteiger charge is -2.22. The minimum Gasteiger partial charge on any atom is -0.381 e. The molecule has 0 unspecified atom stereocenters. The first-order valence-corrected chi connectivity index (χ1v) is 5.65. The van der Waals surface area contributed by atoms with Crippen LogP contribution in [0.4, 0.5) is 5.82 Å². The molecule has 1 N–H and O–H groups in total. The first kappa shape index (κ1) is 12.5. The van der Waals surface area contributed by atoms with Crippen molar-refractivity contribution in [3.8, 4) is 0 Å². The van der Waals surface area contributed by atoms with Crippen molar-refractivity contribution < 1.29 is 14.5 Å². The molecule has 1 fully saturated rings. The van der Waals surface area contributed by atoms with Crippen LogP contribution >= 0.6 is 0 Å². The van der Waals surface area contributed by atoms with E-state index in [1.807, 2.05) is 0 Å². The van der Waals surface area contributed by atoms with Gasteiger partial charge >= 0.3 is 5.82 Å². The highest BCUT2D eigenvalue weighted by Gasteiger charge is 2.23. The molecule has 8 nitrogen and oxygen atoms in total. The molecule has 1 amide bonds. The van der Waals surface area contributed by atoms with Gasteiger partial charge in [-0.2, -0.15) is 0 Å². The number of hydrogen-bond donors (Lipinski definition) is 1. The Balaban J connectivity index is 2.04. The molecule has 2 rings (SSSR count). The van der Waals surface area contributed by atoms with Crippen LogP contribution in [-0.4, -0.2) is 39.9 Å². The quantitative estimate of drug-likeness (QED) is 0.615. The summed E-state index contributed by atoms with van der Waals surface area (Å²) in [6.45, 7) is 1.24. The van der Waals surface area contributed by atoms with Gasteiger partial charge in [-0.3, -0.25) is 4.79 Å². The zero-order valence-electron chi connectivity index (χ0n) is 9.96. The smallest absolute Gasteiger partial charge is 0.345 e. The van der Waals surface area contributed by atoms with E-state index in [1.165, 1.54) is 13.1 Å². The maximum atomic E-state index is 11.9. The number of carbonyl (C=O) groups excluding carboxylic acids is 1. The number of nitrogens with zero attached hydrogens (tertiary/aromatic N) is 3. The zero-order valence-corrected chi connectivity index (χ0v) is 9.96. The number of aromatic nitrogens is 2. The first-order valence-electron chi connectivity index (χ1n) is 5.65. The lowest BCUT2D eigenvalue weighted by atomic mass is 10.1. The van der Waals surface area contributed by atoms with Crippen LogP contribution in [0.1, 0.15) is 23.3 Å². The van der Waals surface area contributed by atoms with Crippen LogP contribution in [0.2, 0.25) is 0 Å². The summed E-state index contributed by atoms with van der Waals surface area (Å²) < 4.78 is 6.26. The fraction of sp³-hybridized carbons (Fsp3) is 0.600. The standard InChI is InChI=1S/C10H14N4O4/c1-13-9(14(16)17)6-8(12-13)10(15)11-7-2-4-18-5-3-7/h6-7H,2-5H2,1H3,(H,11,15). The van der Waals surface area contributed by atoms with Gasteiger partial charge in [-0.25, -0.2) is 0 Å². The van der Waals surface area contributed by atoms with Gasteiger partial charge in [0.2, 0.25) is 0 Å². The second-order valence-corrected chi connectivity index (χ2v) is 4.13. The Labute approximate surface area is 103 Å². The highest BCUT2D eigenvalue weighted by molar-refractivity contribution is 5.93. The summed E-state index contributed by atoms with van der Waals surface area (Å²) in [7, 11) is 1.43. The lowest BCUT2D eigenvalue weighted by Crippen LogP contribution is -2.39. The molecule has 1 aliphatic heterocycles. The number of carbonyl (C=O) groups is 1. The third-order valence-corrected chi connectivity index (χ3v) is 2.83. The Morgan fingerprint density at radius 2 is 2.28 bits per heavy atom. The fourth-order valence-corrected chi connectivity index (χ4v) is 1.84. The molecule has 0 bridgehead atoms. The number of ether oxygens (including phenoxy) is 1. The summed E-state index contributed by atoms with van der Waals surface area (Å²) in [6.07, 6.45) is 1.50. The molecule has 0 radical (unpaired) electrons. The molecule has 0 aromatic carbocycles. The van der Waals surface area contributed by atoms with Crippen molar-refractivity contribution in [2.75, 3.05) is 13.2 Å². The second-order valence-electron chi connectivity index (χ2n) is 4.13. The molecular weight excluding hydrogens is 240 g/mol. The van der Waals surface area contributed by atoms with E-state index in [1.54, 1.807) is 0 Å². The van der Waals surface area contributed by atoms with E-state index in [0.29, 0.717) is 13.2 Å².